The van der Waals surface area contributed by atoms with E-state index in [-0.39, 0.29) is 5.56 Å². The minimum absolute atomic E-state index is 0.0247. The van der Waals surface area contributed by atoms with Gasteiger partial charge in [0.1, 0.15) is 0 Å². The summed E-state index contributed by atoms with van der Waals surface area (Å²) < 4.78 is 0. The van der Waals surface area contributed by atoms with E-state index in [2.05, 4.69) is 4.98 Å². The molecule has 0 saturated heterocycles. The van der Waals surface area contributed by atoms with Crippen molar-refractivity contribution in [3.8, 4) is 0 Å². The van der Waals surface area contributed by atoms with Gasteiger partial charge in [0.15, 0.2) is 0 Å². The van der Waals surface area contributed by atoms with Crippen LogP contribution in [0.3, 0.4) is 0 Å². The van der Waals surface area contributed by atoms with Crippen LogP contribution in [0.2, 0.25) is 0 Å². The molecule has 3 heteroatoms. The van der Waals surface area contributed by atoms with Gasteiger partial charge in [0, 0.05) is 11.3 Å². The van der Waals surface area contributed by atoms with E-state index in [1.54, 1.807) is 0 Å². The van der Waals surface area contributed by atoms with Gasteiger partial charge < -0.3 is 4.98 Å². The third-order valence-electron chi connectivity index (χ3n) is 3.43. The zero-order chi connectivity index (χ0) is 11.4. The van der Waals surface area contributed by atoms with Crippen LogP contribution in [0, 0.1) is 5.92 Å². The van der Waals surface area contributed by atoms with Crippen molar-refractivity contribution in [3.05, 3.63) is 33.7 Å². The maximum absolute atomic E-state index is 11.6. The van der Waals surface area contributed by atoms with Gasteiger partial charge in [-0.05, 0) is 18.4 Å². The monoisotopic (exact) mass is 239 g/mol. The van der Waals surface area contributed by atoms with Gasteiger partial charge in [-0.15, -0.1) is 11.6 Å². The molecule has 0 spiro atoms. The summed E-state index contributed by atoms with van der Waals surface area (Å²) >= 11 is 5.66. The predicted molar refractivity (Wildman–Crippen MR) is 66.9 cm³/mol. The van der Waals surface area contributed by atoms with Crippen LogP contribution >= 0.6 is 11.6 Å². The number of rotatable bonds is 3. The topological polar surface area (TPSA) is 32.9 Å². The van der Waals surface area contributed by atoms with Crippen LogP contribution in [0.1, 0.15) is 43.4 Å². The standard InChI is InChI=1S/C13H18ClNO/c14-9-11-6-7-12(15-13(11)16)8-10-4-2-1-3-5-10/h6-7,10H,1-5,8-9H2,(H,15,16). The molecule has 0 aromatic carbocycles. The lowest BCUT2D eigenvalue weighted by Crippen LogP contribution is -2.16. The molecule has 16 heavy (non-hydrogen) atoms. The first kappa shape index (κ1) is 11.7. The van der Waals surface area contributed by atoms with Crippen LogP contribution in [0.4, 0.5) is 0 Å². The normalized spacial score (nSPS) is 17.6. The highest BCUT2D eigenvalue weighted by Gasteiger charge is 2.14. The molecule has 1 aromatic rings. The van der Waals surface area contributed by atoms with Gasteiger partial charge in [0.25, 0.3) is 5.56 Å². The van der Waals surface area contributed by atoms with E-state index in [9.17, 15) is 4.79 Å². The summed E-state index contributed by atoms with van der Waals surface area (Å²) in [4.78, 5) is 14.5. The van der Waals surface area contributed by atoms with Crippen LogP contribution in [0.5, 0.6) is 0 Å². The molecule has 0 atom stereocenters. The van der Waals surface area contributed by atoms with E-state index in [4.69, 9.17) is 11.6 Å². The molecule has 0 bridgehead atoms. The smallest absolute Gasteiger partial charge is 0.252 e. The average Bonchev–Trinajstić information content (AvgIpc) is 2.31. The highest BCUT2D eigenvalue weighted by Crippen LogP contribution is 2.26. The number of alkyl halides is 1. The molecular weight excluding hydrogens is 222 g/mol. The first-order valence-electron chi connectivity index (χ1n) is 6.06. The van der Waals surface area contributed by atoms with Crippen LogP contribution in [0.15, 0.2) is 16.9 Å². The van der Waals surface area contributed by atoms with E-state index < -0.39 is 0 Å². The van der Waals surface area contributed by atoms with E-state index >= 15 is 0 Å². The first-order chi connectivity index (χ1) is 7.79. The van der Waals surface area contributed by atoms with Gasteiger partial charge in [-0.2, -0.15) is 0 Å². The number of hydrogen-bond acceptors (Lipinski definition) is 1. The second kappa shape index (κ2) is 5.53. The Balaban J connectivity index is 2.04. The summed E-state index contributed by atoms with van der Waals surface area (Å²) in [6, 6.07) is 3.86. The molecule has 0 unspecified atom stereocenters. The van der Waals surface area contributed by atoms with Gasteiger partial charge in [0.2, 0.25) is 0 Å². The van der Waals surface area contributed by atoms with E-state index in [0.29, 0.717) is 11.4 Å². The van der Waals surface area contributed by atoms with Crippen LogP contribution in [-0.4, -0.2) is 4.98 Å². The molecule has 1 saturated carbocycles. The highest BCUT2D eigenvalue weighted by atomic mass is 35.5. The Morgan fingerprint density at radius 1 is 1.25 bits per heavy atom. The van der Waals surface area contributed by atoms with Crippen molar-refractivity contribution in [3.63, 3.8) is 0 Å². The molecule has 2 nitrogen and oxygen atoms in total. The molecule has 1 aromatic heterocycles. The summed E-state index contributed by atoms with van der Waals surface area (Å²) in [7, 11) is 0. The molecule has 1 aliphatic carbocycles. The zero-order valence-corrected chi connectivity index (χ0v) is 10.2. The highest BCUT2D eigenvalue weighted by molar-refractivity contribution is 6.17. The third-order valence-corrected chi connectivity index (χ3v) is 3.72. The number of hydrogen-bond donors (Lipinski definition) is 1. The SMILES string of the molecule is O=c1[nH]c(CC2CCCCC2)ccc1CCl. The lowest BCUT2D eigenvalue weighted by Gasteiger charge is -2.21. The number of halogens is 1. The summed E-state index contributed by atoms with van der Waals surface area (Å²) in [5.74, 6) is 1.05. The third kappa shape index (κ3) is 2.88. The summed E-state index contributed by atoms with van der Waals surface area (Å²) in [5, 5.41) is 0. The lowest BCUT2D eigenvalue weighted by molar-refractivity contribution is 0.354. The number of aromatic amines is 1. The van der Waals surface area contributed by atoms with Gasteiger partial charge in [-0.3, -0.25) is 4.79 Å². The fourth-order valence-corrected chi connectivity index (χ4v) is 2.68. The van der Waals surface area contributed by atoms with Crippen molar-refractivity contribution in [2.75, 3.05) is 0 Å². The Morgan fingerprint density at radius 2 is 2.00 bits per heavy atom. The number of pyridine rings is 1. The van der Waals surface area contributed by atoms with Crippen molar-refractivity contribution < 1.29 is 0 Å². The van der Waals surface area contributed by atoms with Crippen molar-refractivity contribution in [2.45, 2.75) is 44.4 Å². The maximum Gasteiger partial charge on any atom is 0.252 e. The van der Waals surface area contributed by atoms with Gasteiger partial charge >= 0.3 is 0 Å². The van der Waals surface area contributed by atoms with E-state index in [1.807, 2.05) is 12.1 Å². The molecule has 88 valence electrons. The average molecular weight is 240 g/mol. The van der Waals surface area contributed by atoms with Crippen molar-refractivity contribution in [2.24, 2.45) is 5.92 Å². The Labute approximate surface area is 101 Å². The zero-order valence-electron chi connectivity index (χ0n) is 9.47. The minimum Gasteiger partial charge on any atom is -0.326 e. The van der Waals surface area contributed by atoms with E-state index in [0.717, 1.165) is 18.0 Å². The molecule has 2 rings (SSSR count). The quantitative estimate of drug-likeness (QED) is 0.808. The number of aromatic nitrogens is 1. The second-order valence-electron chi connectivity index (χ2n) is 4.68. The summed E-state index contributed by atoms with van der Waals surface area (Å²) in [5.41, 5.74) is 1.70. The van der Waals surface area contributed by atoms with Crippen molar-refractivity contribution >= 4 is 11.6 Å². The Bertz CT molecular complexity index is 393. The van der Waals surface area contributed by atoms with Gasteiger partial charge in [-0.25, -0.2) is 0 Å². The molecule has 1 N–H and O–H groups in total. The largest absolute Gasteiger partial charge is 0.326 e. The maximum atomic E-state index is 11.6. The molecule has 0 aliphatic heterocycles. The number of H-pyrrole nitrogens is 1. The van der Waals surface area contributed by atoms with Gasteiger partial charge in [-0.1, -0.05) is 38.2 Å². The Morgan fingerprint density at radius 3 is 2.62 bits per heavy atom. The van der Waals surface area contributed by atoms with Crippen molar-refractivity contribution in [1.29, 1.82) is 0 Å². The van der Waals surface area contributed by atoms with Crippen LogP contribution < -0.4 is 5.56 Å². The molecule has 1 fully saturated rings. The van der Waals surface area contributed by atoms with Crippen LogP contribution in [0.25, 0.3) is 0 Å². The van der Waals surface area contributed by atoms with Gasteiger partial charge in [0.05, 0.1) is 5.88 Å². The molecule has 0 radical (unpaired) electrons. The summed E-state index contributed by atoms with van der Waals surface area (Å²) in [6.07, 6.45) is 7.68. The van der Waals surface area contributed by atoms with E-state index in [1.165, 1.54) is 32.1 Å². The molecular formula is C13H18ClNO. The Hall–Kier alpha value is -0.760. The molecule has 1 aliphatic rings. The second-order valence-corrected chi connectivity index (χ2v) is 4.95. The minimum atomic E-state index is -0.0247. The van der Waals surface area contributed by atoms with Crippen LogP contribution in [-0.2, 0) is 12.3 Å². The number of nitrogens with one attached hydrogen (secondary N) is 1. The molecule has 1 heterocycles. The fraction of sp³-hybridized carbons (Fsp3) is 0.615. The Kier molecular flexibility index (Phi) is 4.05. The first-order valence-corrected chi connectivity index (χ1v) is 6.60. The predicted octanol–water partition coefficient (Wildman–Crippen LogP) is 3.24. The summed E-state index contributed by atoms with van der Waals surface area (Å²) in [6.45, 7) is 0. The van der Waals surface area contributed by atoms with Crippen molar-refractivity contribution in [1.82, 2.24) is 4.98 Å². The lowest BCUT2D eigenvalue weighted by atomic mass is 9.86. The molecule has 0 amide bonds. The fourth-order valence-electron chi connectivity index (χ4n) is 2.47.